The van der Waals surface area contributed by atoms with E-state index in [1.54, 1.807) is 12.3 Å². The Balaban J connectivity index is 1.83. The number of nitrogens with zero attached hydrogens (tertiary/aromatic N) is 4. The van der Waals surface area contributed by atoms with Crippen molar-refractivity contribution in [3.8, 4) is 11.3 Å². The van der Waals surface area contributed by atoms with Gasteiger partial charge in [0.25, 0.3) is 11.5 Å². The van der Waals surface area contributed by atoms with E-state index in [0.29, 0.717) is 17.0 Å². The summed E-state index contributed by atoms with van der Waals surface area (Å²) in [6, 6.07) is 1.59. The van der Waals surface area contributed by atoms with Crippen LogP contribution in [0.5, 0.6) is 0 Å². The molecule has 2 N–H and O–H groups in total. The lowest BCUT2D eigenvalue weighted by atomic mass is 9.89. The highest BCUT2D eigenvalue weighted by molar-refractivity contribution is 5.75. The van der Waals surface area contributed by atoms with Gasteiger partial charge < -0.3 is 9.88 Å². The Labute approximate surface area is 145 Å². The summed E-state index contributed by atoms with van der Waals surface area (Å²) < 4.78 is 30.0. The fourth-order valence-corrected chi connectivity index (χ4v) is 3.14. The summed E-state index contributed by atoms with van der Waals surface area (Å²) in [4.78, 5) is 33.4. The average molecular weight is 362 g/mol. The molecule has 0 aromatic carbocycles. The fraction of sp³-hybridized carbons (Fsp3) is 0.375. The molecular weight excluding hydrogens is 346 g/mol. The summed E-state index contributed by atoms with van der Waals surface area (Å²) in [5, 5.41) is 4.30. The Bertz CT molecular complexity index is 1100. The van der Waals surface area contributed by atoms with Gasteiger partial charge in [0, 0.05) is 30.6 Å². The Morgan fingerprint density at radius 2 is 2.00 bits per heavy atom. The first-order chi connectivity index (χ1) is 12.2. The molecule has 0 bridgehead atoms. The molecule has 4 heterocycles. The Morgan fingerprint density at radius 1 is 1.23 bits per heavy atom. The third kappa shape index (κ3) is 2.40. The summed E-state index contributed by atoms with van der Waals surface area (Å²) in [7, 11) is 0. The van der Waals surface area contributed by atoms with E-state index >= 15 is 0 Å². The van der Waals surface area contributed by atoms with Crippen LogP contribution in [0.15, 0.2) is 34.2 Å². The van der Waals surface area contributed by atoms with Crippen LogP contribution in [0.25, 0.3) is 16.8 Å². The summed E-state index contributed by atoms with van der Waals surface area (Å²) >= 11 is 0. The normalized spacial score (nSPS) is 18.5. The SMILES string of the molecule is CC1(C)CN(c2nccn3nc(-c4c[nH]c(=O)[nH]c4=O)cc23)CC1(F)F. The lowest BCUT2D eigenvalue weighted by molar-refractivity contribution is -0.0642. The maximum atomic E-state index is 14.2. The molecule has 3 aromatic rings. The van der Waals surface area contributed by atoms with E-state index < -0.39 is 29.1 Å². The Hall–Kier alpha value is -3.04. The smallest absolute Gasteiger partial charge is 0.325 e. The third-order valence-corrected chi connectivity index (χ3v) is 4.73. The van der Waals surface area contributed by atoms with E-state index in [4.69, 9.17) is 0 Å². The van der Waals surface area contributed by atoms with Gasteiger partial charge in [-0.25, -0.2) is 23.1 Å². The molecule has 1 aliphatic rings. The van der Waals surface area contributed by atoms with Gasteiger partial charge in [-0.1, -0.05) is 13.8 Å². The van der Waals surface area contributed by atoms with Gasteiger partial charge in [-0.15, -0.1) is 0 Å². The standard InChI is InChI=1S/C16H16F2N6O2/c1-15(2)7-23(8-16(15,17)18)12-11-5-10(22-24(11)4-3-19-12)9-6-20-14(26)21-13(9)25/h3-6H,7-8H2,1-2H3,(H2,20,21,25,26). The minimum absolute atomic E-state index is 0.145. The molecule has 0 saturated carbocycles. The molecule has 10 heteroatoms. The number of H-pyrrole nitrogens is 2. The molecule has 136 valence electrons. The number of nitrogens with one attached hydrogen (secondary N) is 2. The molecule has 0 unspecified atom stereocenters. The number of aromatic nitrogens is 5. The molecule has 0 radical (unpaired) electrons. The molecule has 0 spiro atoms. The molecule has 1 saturated heterocycles. The maximum absolute atomic E-state index is 14.2. The zero-order valence-electron chi connectivity index (χ0n) is 14.1. The number of rotatable bonds is 2. The largest absolute Gasteiger partial charge is 0.348 e. The van der Waals surface area contributed by atoms with Crippen LogP contribution in [0.4, 0.5) is 14.6 Å². The van der Waals surface area contributed by atoms with Crippen LogP contribution in [0.1, 0.15) is 13.8 Å². The Kier molecular flexibility index (Phi) is 3.30. The first-order valence-electron chi connectivity index (χ1n) is 7.97. The van der Waals surface area contributed by atoms with Gasteiger partial charge in [-0.05, 0) is 6.07 Å². The van der Waals surface area contributed by atoms with Gasteiger partial charge in [0.15, 0.2) is 5.82 Å². The van der Waals surface area contributed by atoms with E-state index in [2.05, 4.69) is 20.1 Å². The van der Waals surface area contributed by atoms with Gasteiger partial charge in [-0.2, -0.15) is 5.10 Å². The molecule has 8 nitrogen and oxygen atoms in total. The molecule has 26 heavy (non-hydrogen) atoms. The van der Waals surface area contributed by atoms with Crippen LogP contribution in [0, 0.1) is 5.41 Å². The van der Waals surface area contributed by atoms with Crippen molar-refractivity contribution in [3.05, 3.63) is 45.5 Å². The predicted octanol–water partition coefficient (Wildman–Crippen LogP) is 1.25. The van der Waals surface area contributed by atoms with Crippen LogP contribution < -0.4 is 16.1 Å². The monoisotopic (exact) mass is 362 g/mol. The zero-order chi connectivity index (χ0) is 18.7. The number of alkyl halides is 2. The van der Waals surface area contributed by atoms with Crippen LogP contribution in [0.2, 0.25) is 0 Å². The van der Waals surface area contributed by atoms with Crippen molar-refractivity contribution in [1.29, 1.82) is 0 Å². The van der Waals surface area contributed by atoms with E-state index in [1.807, 2.05) is 0 Å². The third-order valence-electron chi connectivity index (χ3n) is 4.73. The molecule has 4 rings (SSSR count). The predicted molar refractivity (Wildman–Crippen MR) is 90.6 cm³/mol. The second kappa shape index (κ2) is 5.23. The van der Waals surface area contributed by atoms with Crippen LogP contribution >= 0.6 is 0 Å². The van der Waals surface area contributed by atoms with Crippen molar-refractivity contribution in [3.63, 3.8) is 0 Å². The molecule has 0 amide bonds. The first kappa shape index (κ1) is 16.4. The molecule has 0 atom stereocenters. The number of anilines is 1. The van der Waals surface area contributed by atoms with Crippen LogP contribution in [-0.2, 0) is 0 Å². The van der Waals surface area contributed by atoms with Crippen LogP contribution in [0.3, 0.4) is 0 Å². The number of fused-ring (bicyclic) bond motifs is 1. The van der Waals surface area contributed by atoms with Gasteiger partial charge in [0.2, 0.25) is 0 Å². The number of hydrogen-bond donors (Lipinski definition) is 2. The number of aromatic amines is 2. The summed E-state index contributed by atoms with van der Waals surface area (Å²) in [5.74, 6) is -2.47. The van der Waals surface area contributed by atoms with E-state index in [1.165, 1.54) is 35.7 Å². The molecule has 1 aliphatic heterocycles. The number of halogens is 2. The van der Waals surface area contributed by atoms with Crippen molar-refractivity contribution in [1.82, 2.24) is 24.6 Å². The van der Waals surface area contributed by atoms with E-state index in [0.717, 1.165) is 0 Å². The molecular formula is C16H16F2N6O2. The summed E-state index contributed by atoms with van der Waals surface area (Å²) in [6.45, 7) is 2.75. The van der Waals surface area contributed by atoms with Crippen molar-refractivity contribution < 1.29 is 8.78 Å². The van der Waals surface area contributed by atoms with Crippen molar-refractivity contribution in [2.75, 3.05) is 18.0 Å². The van der Waals surface area contributed by atoms with E-state index in [-0.39, 0.29) is 12.1 Å². The van der Waals surface area contributed by atoms with Crippen LogP contribution in [-0.4, -0.2) is 43.6 Å². The summed E-state index contributed by atoms with van der Waals surface area (Å²) in [6.07, 6.45) is 4.31. The topological polar surface area (TPSA) is 99.2 Å². The maximum Gasteiger partial charge on any atom is 0.325 e. The second-order valence-electron chi connectivity index (χ2n) is 7.04. The van der Waals surface area contributed by atoms with E-state index in [9.17, 15) is 18.4 Å². The highest BCUT2D eigenvalue weighted by atomic mass is 19.3. The molecule has 1 fully saturated rings. The van der Waals surface area contributed by atoms with Crippen molar-refractivity contribution >= 4 is 11.3 Å². The Morgan fingerprint density at radius 3 is 2.65 bits per heavy atom. The van der Waals surface area contributed by atoms with Crippen molar-refractivity contribution in [2.45, 2.75) is 19.8 Å². The lowest BCUT2D eigenvalue weighted by Crippen LogP contribution is -2.34. The highest BCUT2D eigenvalue weighted by Gasteiger charge is 2.54. The second-order valence-corrected chi connectivity index (χ2v) is 7.04. The fourth-order valence-electron chi connectivity index (χ4n) is 3.14. The average Bonchev–Trinajstić information content (AvgIpc) is 3.05. The molecule has 3 aromatic heterocycles. The quantitative estimate of drug-likeness (QED) is 0.715. The van der Waals surface area contributed by atoms with Gasteiger partial charge in [-0.3, -0.25) is 9.78 Å². The molecule has 0 aliphatic carbocycles. The number of hydrogen-bond acceptors (Lipinski definition) is 5. The minimum Gasteiger partial charge on any atom is -0.348 e. The van der Waals surface area contributed by atoms with Gasteiger partial charge in [0.05, 0.1) is 12.1 Å². The minimum atomic E-state index is -2.85. The van der Waals surface area contributed by atoms with Gasteiger partial charge in [0.1, 0.15) is 11.2 Å². The van der Waals surface area contributed by atoms with Crippen molar-refractivity contribution in [2.24, 2.45) is 5.41 Å². The lowest BCUT2D eigenvalue weighted by Gasteiger charge is -2.23. The first-order valence-corrected chi connectivity index (χ1v) is 7.97. The highest BCUT2D eigenvalue weighted by Crippen LogP contribution is 2.44. The summed E-state index contributed by atoms with van der Waals surface area (Å²) in [5.41, 5.74) is -1.40. The van der Waals surface area contributed by atoms with Gasteiger partial charge >= 0.3 is 5.69 Å². The zero-order valence-corrected chi connectivity index (χ0v) is 14.1.